The number of likely N-dealkylation sites (N-methyl/N-ethyl adjacent to an activating group) is 1. The number of fused-ring (bicyclic) bond motifs is 1. The van der Waals surface area contributed by atoms with Crippen LogP contribution in [0.3, 0.4) is 0 Å². The number of aryl methyl sites for hydroxylation is 1. The Labute approximate surface area is 114 Å². The fourth-order valence-electron chi connectivity index (χ4n) is 2.28. The normalized spacial score (nSPS) is 14.4. The molecule has 1 aliphatic heterocycles. The first-order valence-corrected chi connectivity index (χ1v) is 6.60. The number of carbonyl (C=O) groups is 1. The van der Waals surface area contributed by atoms with Crippen LogP contribution in [0.25, 0.3) is 0 Å². The minimum atomic E-state index is -0.0365. The smallest absolute Gasteiger partial charge is 0.245 e. The van der Waals surface area contributed by atoms with Gasteiger partial charge in [0.05, 0.1) is 19.3 Å². The van der Waals surface area contributed by atoms with E-state index in [1.807, 2.05) is 18.0 Å². The summed E-state index contributed by atoms with van der Waals surface area (Å²) in [5.74, 6) is 1.76. The second-order valence-corrected chi connectivity index (χ2v) is 5.36. The molecule has 5 nitrogen and oxygen atoms in total. The summed E-state index contributed by atoms with van der Waals surface area (Å²) in [5.41, 5.74) is 2.19. The van der Waals surface area contributed by atoms with Crippen LogP contribution in [0, 0.1) is 5.92 Å². The number of rotatable bonds is 4. The van der Waals surface area contributed by atoms with E-state index in [0.29, 0.717) is 24.2 Å². The highest BCUT2D eigenvalue weighted by Crippen LogP contribution is 2.34. The summed E-state index contributed by atoms with van der Waals surface area (Å²) >= 11 is 0. The van der Waals surface area contributed by atoms with Crippen LogP contribution in [-0.4, -0.2) is 31.6 Å². The Morgan fingerprint density at radius 1 is 1.53 bits per heavy atom. The first-order chi connectivity index (χ1) is 9.01. The largest absolute Gasteiger partial charge is 0.481 e. The molecule has 19 heavy (non-hydrogen) atoms. The summed E-state index contributed by atoms with van der Waals surface area (Å²) in [4.78, 5) is 17.9. The van der Waals surface area contributed by atoms with Crippen LogP contribution < -0.4 is 15.0 Å². The lowest BCUT2D eigenvalue weighted by Crippen LogP contribution is -2.36. The standard InChI is InChI=1S/C14H21N3O2/c1-9(2)5-6-10-7-12(19-4)16-14-13(10)17(3)8-11(18)15-14/h7,9H,5-6,8H2,1-4H3,(H,15,16,18). The molecule has 0 aromatic carbocycles. The Morgan fingerprint density at radius 3 is 2.89 bits per heavy atom. The first kappa shape index (κ1) is 13.6. The van der Waals surface area contributed by atoms with Gasteiger partial charge in [0, 0.05) is 13.1 Å². The molecule has 1 aliphatic rings. The summed E-state index contributed by atoms with van der Waals surface area (Å²) in [6.07, 6.45) is 2.06. The van der Waals surface area contributed by atoms with E-state index in [0.717, 1.165) is 18.5 Å². The van der Waals surface area contributed by atoms with E-state index in [2.05, 4.69) is 24.1 Å². The Morgan fingerprint density at radius 2 is 2.26 bits per heavy atom. The van der Waals surface area contributed by atoms with Crippen molar-refractivity contribution in [2.24, 2.45) is 5.92 Å². The van der Waals surface area contributed by atoms with Gasteiger partial charge in [-0.15, -0.1) is 0 Å². The Hall–Kier alpha value is -1.78. The number of anilines is 2. The van der Waals surface area contributed by atoms with Gasteiger partial charge in [0.1, 0.15) is 0 Å². The summed E-state index contributed by atoms with van der Waals surface area (Å²) < 4.78 is 5.22. The molecule has 104 valence electrons. The summed E-state index contributed by atoms with van der Waals surface area (Å²) in [7, 11) is 3.51. The van der Waals surface area contributed by atoms with Gasteiger partial charge in [0.25, 0.3) is 0 Å². The van der Waals surface area contributed by atoms with Crippen LogP contribution >= 0.6 is 0 Å². The van der Waals surface area contributed by atoms with Crippen molar-refractivity contribution in [1.82, 2.24) is 4.98 Å². The second kappa shape index (κ2) is 5.47. The number of nitrogens with zero attached hydrogens (tertiary/aromatic N) is 2. The van der Waals surface area contributed by atoms with Gasteiger partial charge in [0.15, 0.2) is 5.82 Å². The molecule has 5 heteroatoms. The molecular weight excluding hydrogens is 242 g/mol. The van der Waals surface area contributed by atoms with E-state index < -0.39 is 0 Å². The van der Waals surface area contributed by atoms with E-state index in [9.17, 15) is 4.79 Å². The monoisotopic (exact) mass is 263 g/mol. The van der Waals surface area contributed by atoms with E-state index in [-0.39, 0.29) is 5.91 Å². The molecule has 0 unspecified atom stereocenters. The maximum Gasteiger partial charge on any atom is 0.245 e. The molecule has 0 aliphatic carbocycles. The fourth-order valence-corrected chi connectivity index (χ4v) is 2.28. The number of carbonyl (C=O) groups excluding carboxylic acids is 1. The minimum absolute atomic E-state index is 0.0365. The second-order valence-electron chi connectivity index (χ2n) is 5.36. The molecule has 0 fully saturated rings. The number of aromatic nitrogens is 1. The van der Waals surface area contributed by atoms with Crippen LogP contribution in [0.15, 0.2) is 6.07 Å². The van der Waals surface area contributed by atoms with Gasteiger partial charge in [0.2, 0.25) is 11.8 Å². The van der Waals surface area contributed by atoms with Gasteiger partial charge < -0.3 is 15.0 Å². The number of methoxy groups -OCH3 is 1. The Bertz CT molecular complexity index is 486. The molecule has 0 spiro atoms. The molecule has 1 N–H and O–H groups in total. The first-order valence-electron chi connectivity index (χ1n) is 6.60. The Kier molecular flexibility index (Phi) is 3.93. The number of nitrogens with one attached hydrogen (secondary N) is 1. The average molecular weight is 263 g/mol. The molecule has 1 aromatic rings. The SMILES string of the molecule is COc1cc(CCC(C)C)c2c(n1)NC(=O)CN2C. The van der Waals surface area contributed by atoms with E-state index >= 15 is 0 Å². The van der Waals surface area contributed by atoms with Gasteiger partial charge in [-0.2, -0.15) is 4.98 Å². The molecule has 1 aromatic heterocycles. The number of ether oxygens (including phenoxy) is 1. The number of pyridine rings is 1. The maximum absolute atomic E-state index is 11.6. The third-order valence-corrected chi connectivity index (χ3v) is 3.27. The van der Waals surface area contributed by atoms with Crippen LogP contribution in [0.1, 0.15) is 25.8 Å². The van der Waals surface area contributed by atoms with Gasteiger partial charge in [-0.1, -0.05) is 13.8 Å². The molecular formula is C14H21N3O2. The van der Waals surface area contributed by atoms with Crippen molar-refractivity contribution in [1.29, 1.82) is 0 Å². The molecule has 2 heterocycles. The lowest BCUT2D eigenvalue weighted by Gasteiger charge is -2.29. The number of hydrogen-bond donors (Lipinski definition) is 1. The summed E-state index contributed by atoms with van der Waals surface area (Å²) in [6.45, 7) is 4.78. The van der Waals surface area contributed by atoms with Crippen molar-refractivity contribution >= 4 is 17.4 Å². The van der Waals surface area contributed by atoms with E-state index in [1.165, 1.54) is 5.56 Å². The highest BCUT2D eigenvalue weighted by Gasteiger charge is 2.24. The van der Waals surface area contributed by atoms with E-state index in [1.54, 1.807) is 7.11 Å². The topological polar surface area (TPSA) is 54.5 Å². The maximum atomic E-state index is 11.6. The van der Waals surface area contributed by atoms with Gasteiger partial charge in [-0.05, 0) is 24.3 Å². The average Bonchev–Trinajstić information content (AvgIpc) is 2.34. The zero-order valence-electron chi connectivity index (χ0n) is 12.0. The molecule has 0 saturated carbocycles. The van der Waals surface area contributed by atoms with Crippen molar-refractivity contribution < 1.29 is 9.53 Å². The highest BCUT2D eigenvalue weighted by molar-refractivity contribution is 6.00. The van der Waals surface area contributed by atoms with Crippen LogP contribution in [0.4, 0.5) is 11.5 Å². The molecule has 1 amide bonds. The molecule has 0 saturated heterocycles. The molecule has 0 atom stereocenters. The quantitative estimate of drug-likeness (QED) is 0.903. The lowest BCUT2D eigenvalue weighted by molar-refractivity contribution is -0.115. The highest BCUT2D eigenvalue weighted by atomic mass is 16.5. The van der Waals surface area contributed by atoms with Gasteiger partial charge in [-0.25, -0.2) is 0 Å². The third-order valence-electron chi connectivity index (χ3n) is 3.27. The molecule has 0 radical (unpaired) electrons. The predicted octanol–water partition coefficient (Wildman–Crippen LogP) is 2.07. The van der Waals surface area contributed by atoms with E-state index in [4.69, 9.17) is 4.74 Å². The molecule has 2 rings (SSSR count). The van der Waals surface area contributed by atoms with Crippen molar-refractivity contribution in [2.45, 2.75) is 26.7 Å². The zero-order valence-corrected chi connectivity index (χ0v) is 12.0. The molecule has 0 bridgehead atoms. The van der Waals surface area contributed by atoms with Gasteiger partial charge in [-0.3, -0.25) is 4.79 Å². The number of hydrogen-bond acceptors (Lipinski definition) is 4. The van der Waals surface area contributed by atoms with Crippen molar-refractivity contribution in [3.8, 4) is 5.88 Å². The predicted molar refractivity (Wildman–Crippen MR) is 75.8 cm³/mol. The fraction of sp³-hybridized carbons (Fsp3) is 0.571. The Balaban J connectivity index is 2.40. The van der Waals surface area contributed by atoms with Crippen LogP contribution in [0.2, 0.25) is 0 Å². The van der Waals surface area contributed by atoms with Crippen molar-refractivity contribution in [3.05, 3.63) is 11.6 Å². The van der Waals surface area contributed by atoms with Crippen molar-refractivity contribution in [2.75, 3.05) is 30.9 Å². The van der Waals surface area contributed by atoms with Gasteiger partial charge >= 0.3 is 0 Å². The number of amides is 1. The third kappa shape index (κ3) is 2.97. The summed E-state index contributed by atoms with van der Waals surface area (Å²) in [6, 6.07) is 1.97. The van der Waals surface area contributed by atoms with Crippen LogP contribution in [0.5, 0.6) is 5.88 Å². The minimum Gasteiger partial charge on any atom is -0.481 e. The zero-order chi connectivity index (χ0) is 14.0. The van der Waals surface area contributed by atoms with Crippen LogP contribution in [-0.2, 0) is 11.2 Å². The lowest BCUT2D eigenvalue weighted by atomic mass is 10.0. The summed E-state index contributed by atoms with van der Waals surface area (Å²) in [5, 5.41) is 2.82. The van der Waals surface area contributed by atoms with Crippen molar-refractivity contribution in [3.63, 3.8) is 0 Å².